The van der Waals surface area contributed by atoms with Crippen molar-refractivity contribution in [1.82, 2.24) is 0 Å². The molecule has 3 aliphatic carbocycles. The Morgan fingerprint density at radius 3 is 2.26 bits per heavy atom. The number of furan rings is 1. The molecule has 1 aromatic rings. The molecule has 9 nitrogen and oxygen atoms in total. The van der Waals surface area contributed by atoms with Crippen LogP contribution < -0.4 is 0 Å². The summed E-state index contributed by atoms with van der Waals surface area (Å²) in [6.45, 7) is 13.3. The summed E-state index contributed by atoms with van der Waals surface area (Å²) in [4.78, 5) is 38.3. The van der Waals surface area contributed by atoms with Crippen LogP contribution in [0, 0.1) is 33.5 Å². The number of fused-ring (bicyclic) bond motifs is 3. The van der Waals surface area contributed by atoms with Gasteiger partial charge in [0, 0.05) is 42.1 Å². The number of ether oxygens (including phenoxy) is 4. The Bertz CT molecular complexity index is 1210. The second-order valence-corrected chi connectivity index (χ2v) is 13.8. The Morgan fingerprint density at radius 1 is 0.974 bits per heavy atom. The van der Waals surface area contributed by atoms with Crippen LogP contribution in [0.1, 0.15) is 85.8 Å². The zero-order valence-electron chi connectivity index (χ0n) is 23.8. The summed E-state index contributed by atoms with van der Waals surface area (Å²) in [5.41, 5.74) is -2.72. The molecule has 0 radical (unpaired) electrons. The number of esters is 3. The van der Waals surface area contributed by atoms with Gasteiger partial charge in [0.25, 0.3) is 0 Å². The summed E-state index contributed by atoms with van der Waals surface area (Å²) < 4.78 is 30.1. The van der Waals surface area contributed by atoms with E-state index in [1.165, 1.54) is 13.8 Å². The molecule has 1 spiro atoms. The molecule has 9 heteroatoms. The molecule has 0 unspecified atom stereocenters. The van der Waals surface area contributed by atoms with Gasteiger partial charge in [-0.3, -0.25) is 9.59 Å². The molecular weight excluding hydrogens is 504 g/mol. The molecule has 1 aromatic heterocycles. The van der Waals surface area contributed by atoms with Crippen molar-refractivity contribution in [3.8, 4) is 0 Å². The van der Waals surface area contributed by atoms with E-state index in [-0.39, 0.29) is 11.8 Å². The van der Waals surface area contributed by atoms with Gasteiger partial charge >= 0.3 is 17.9 Å². The van der Waals surface area contributed by atoms with Gasteiger partial charge in [0.2, 0.25) is 0 Å². The smallest absolute Gasteiger partial charge is 0.339 e. The molecule has 2 saturated heterocycles. The molecular formula is C30H40O9. The third kappa shape index (κ3) is 3.12. The predicted octanol–water partition coefficient (Wildman–Crippen LogP) is 4.12. The van der Waals surface area contributed by atoms with Gasteiger partial charge in [-0.05, 0) is 42.6 Å². The molecule has 214 valence electrons. The maximum Gasteiger partial charge on any atom is 0.339 e. The summed E-state index contributed by atoms with van der Waals surface area (Å²) in [5, 5.41) is 11.3. The highest BCUT2D eigenvalue weighted by molar-refractivity contribution is 5.82. The lowest BCUT2D eigenvalue weighted by Gasteiger charge is -2.71. The lowest BCUT2D eigenvalue weighted by Crippen LogP contribution is -2.75. The van der Waals surface area contributed by atoms with Crippen molar-refractivity contribution in [2.45, 2.75) is 110 Å². The van der Waals surface area contributed by atoms with Gasteiger partial charge in [-0.1, -0.05) is 34.6 Å². The third-order valence-electron chi connectivity index (χ3n) is 11.9. The van der Waals surface area contributed by atoms with E-state index in [0.29, 0.717) is 25.7 Å². The molecule has 3 saturated carbocycles. The predicted molar refractivity (Wildman–Crippen MR) is 136 cm³/mol. The van der Waals surface area contributed by atoms with Crippen molar-refractivity contribution in [2.75, 3.05) is 0 Å². The van der Waals surface area contributed by atoms with Crippen LogP contribution in [0.15, 0.2) is 23.0 Å². The van der Waals surface area contributed by atoms with Gasteiger partial charge in [-0.25, -0.2) is 4.79 Å². The van der Waals surface area contributed by atoms with Crippen LogP contribution in [-0.4, -0.2) is 53.0 Å². The fourth-order valence-corrected chi connectivity index (χ4v) is 10.2. The fourth-order valence-electron chi connectivity index (χ4n) is 10.2. The van der Waals surface area contributed by atoms with Gasteiger partial charge < -0.3 is 28.5 Å². The third-order valence-corrected chi connectivity index (χ3v) is 11.9. The van der Waals surface area contributed by atoms with Crippen LogP contribution in [-0.2, 0) is 33.3 Å². The topological polar surface area (TPSA) is 125 Å². The van der Waals surface area contributed by atoms with Crippen molar-refractivity contribution in [2.24, 2.45) is 33.5 Å². The van der Waals surface area contributed by atoms with Crippen LogP contribution in [0.4, 0.5) is 0 Å². The second kappa shape index (κ2) is 8.09. The van der Waals surface area contributed by atoms with Crippen LogP contribution in [0.25, 0.3) is 0 Å². The monoisotopic (exact) mass is 544 g/mol. The molecule has 0 amide bonds. The summed E-state index contributed by atoms with van der Waals surface area (Å²) in [5.74, 6) is -1.49. The number of carbonyl (C=O) groups excluding carboxylic acids is 3. The quantitative estimate of drug-likeness (QED) is 0.340. The molecule has 0 bridgehead atoms. The summed E-state index contributed by atoms with van der Waals surface area (Å²) >= 11 is 0. The minimum atomic E-state index is -0.963. The average molecular weight is 545 g/mol. The van der Waals surface area contributed by atoms with Crippen LogP contribution in [0.3, 0.4) is 0 Å². The van der Waals surface area contributed by atoms with Gasteiger partial charge in [-0.15, -0.1) is 0 Å². The Labute approximate surface area is 228 Å². The molecule has 3 heterocycles. The number of cyclic esters (lactones) is 1. The molecule has 2 aliphatic heterocycles. The molecule has 5 fully saturated rings. The molecule has 11 atom stereocenters. The lowest BCUT2D eigenvalue weighted by atomic mass is 9.34. The van der Waals surface area contributed by atoms with Crippen molar-refractivity contribution < 1.29 is 42.9 Å². The Hall–Kier alpha value is -2.39. The minimum absolute atomic E-state index is 0.126. The Morgan fingerprint density at radius 2 is 1.64 bits per heavy atom. The molecule has 6 rings (SSSR count). The van der Waals surface area contributed by atoms with E-state index in [4.69, 9.17) is 23.4 Å². The number of aliphatic hydroxyl groups is 1. The number of hydrogen-bond donors (Lipinski definition) is 1. The van der Waals surface area contributed by atoms with E-state index in [9.17, 15) is 19.5 Å². The molecule has 1 N–H and O–H groups in total. The normalized spacial score (nSPS) is 49.3. The summed E-state index contributed by atoms with van der Waals surface area (Å²) in [7, 11) is 0. The number of hydrogen-bond acceptors (Lipinski definition) is 9. The van der Waals surface area contributed by atoms with Crippen LogP contribution in [0.2, 0.25) is 0 Å². The van der Waals surface area contributed by atoms with Crippen molar-refractivity contribution in [3.05, 3.63) is 24.2 Å². The first-order valence-corrected chi connectivity index (χ1v) is 14.1. The van der Waals surface area contributed by atoms with Gasteiger partial charge in [-0.2, -0.15) is 0 Å². The zero-order chi connectivity index (χ0) is 28.3. The SMILES string of the molecule is CC(=O)O[C@H]1C[C@@H](O)C(C)(C)[C@@H]2C[C@@H](OC(C)=O)[C@]3(C)[C@H](CC[C@@]4(C)[C@@H](c5ccoc5)OC(=O)[C@H]5O[C@@]534)[C@@]12C. The Balaban J connectivity index is 1.55. The summed E-state index contributed by atoms with van der Waals surface area (Å²) in [6, 6.07) is 1.82. The largest absolute Gasteiger partial charge is 0.472 e. The van der Waals surface area contributed by atoms with E-state index >= 15 is 0 Å². The molecule has 5 aliphatic rings. The fraction of sp³-hybridized carbons (Fsp3) is 0.767. The number of rotatable bonds is 3. The first-order chi connectivity index (χ1) is 18.2. The zero-order valence-corrected chi connectivity index (χ0v) is 23.8. The van der Waals surface area contributed by atoms with E-state index in [1.54, 1.807) is 12.5 Å². The van der Waals surface area contributed by atoms with E-state index in [2.05, 4.69) is 20.8 Å². The maximum atomic E-state index is 13.4. The van der Waals surface area contributed by atoms with Crippen LogP contribution in [0.5, 0.6) is 0 Å². The van der Waals surface area contributed by atoms with Crippen molar-refractivity contribution in [3.63, 3.8) is 0 Å². The molecule has 0 aromatic carbocycles. The average Bonchev–Trinajstić information content (AvgIpc) is 3.41. The second-order valence-electron chi connectivity index (χ2n) is 13.8. The molecule has 39 heavy (non-hydrogen) atoms. The lowest BCUT2D eigenvalue weighted by molar-refractivity contribution is -0.297. The van der Waals surface area contributed by atoms with Crippen molar-refractivity contribution >= 4 is 17.9 Å². The highest BCUT2D eigenvalue weighted by Crippen LogP contribution is 2.80. The maximum absolute atomic E-state index is 13.4. The van der Waals surface area contributed by atoms with Gasteiger partial charge in [0.1, 0.15) is 23.9 Å². The minimum Gasteiger partial charge on any atom is -0.472 e. The van der Waals surface area contributed by atoms with Crippen molar-refractivity contribution in [1.29, 1.82) is 0 Å². The first-order valence-electron chi connectivity index (χ1n) is 14.1. The number of epoxide rings is 1. The van der Waals surface area contributed by atoms with E-state index < -0.39 is 75.7 Å². The first kappa shape index (κ1) is 26.8. The van der Waals surface area contributed by atoms with Crippen LogP contribution >= 0.6 is 0 Å². The summed E-state index contributed by atoms with van der Waals surface area (Å²) in [6.07, 6.45) is 2.14. The standard InChI is InChI=1S/C30H40O9/c1-15(31)36-21-13-20(33)26(3,4)19-12-22(37-16(2)32)29(7)18(28(19,21)6)8-10-27(5)23(17-9-11-35-14-17)38-25(34)24-30(27,29)39-24/h9,11,14,18-24,33H,8,10,12-13H2,1-7H3/t18-,19+,20-,21+,22-,23-,24-,27+,28-,29+,30-/m1/s1. The van der Waals surface area contributed by atoms with E-state index in [1.807, 2.05) is 19.9 Å². The Kier molecular flexibility index (Phi) is 5.56. The number of carbonyl (C=O) groups is 3. The number of aliphatic hydroxyl groups excluding tert-OH is 1. The highest BCUT2D eigenvalue weighted by Gasteiger charge is 2.89. The van der Waals surface area contributed by atoms with E-state index in [0.717, 1.165) is 5.56 Å². The van der Waals surface area contributed by atoms with Gasteiger partial charge in [0.15, 0.2) is 6.10 Å². The highest BCUT2D eigenvalue weighted by atomic mass is 16.7. The van der Waals surface area contributed by atoms with Gasteiger partial charge in [0.05, 0.1) is 18.6 Å².